The Bertz CT molecular complexity index is 1530. The van der Waals surface area contributed by atoms with Gasteiger partial charge in [0.05, 0.1) is 17.7 Å². The van der Waals surface area contributed by atoms with Crippen molar-refractivity contribution in [2.75, 3.05) is 7.05 Å². The number of hydrogen-bond acceptors (Lipinski definition) is 6. The van der Waals surface area contributed by atoms with Gasteiger partial charge in [-0.05, 0) is 49.7 Å². The quantitative estimate of drug-likeness (QED) is 0.366. The molecule has 4 heterocycles. The van der Waals surface area contributed by atoms with Gasteiger partial charge in [0.15, 0.2) is 11.6 Å². The number of carbonyl (C=O) groups is 2. The fourth-order valence-electron chi connectivity index (χ4n) is 5.86. The molecule has 36 heavy (non-hydrogen) atoms. The largest absolute Gasteiger partial charge is 0.481 e. The minimum atomic E-state index is -0.785. The number of aliphatic imine (C=N–C) groups is 1. The molecule has 2 atom stereocenters. The molecule has 0 spiro atoms. The zero-order valence-corrected chi connectivity index (χ0v) is 19.5. The molecule has 184 valence electrons. The number of carbonyl (C=O) groups excluding carboxylic acids is 1. The van der Waals surface area contributed by atoms with E-state index in [0.29, 0.717) is 33.5 Å². The first-order valence-electron chi connectivity index (χ1n) is 12.0. The van der Waals surface area contributed by atoms with E-state index in [2.05, 4.69) is 30.4 Å². The predicted molar refractivity (Wildman–Crippen MR) is 130 cm³/mol. The molecular formula is C25H24FN7O3. The van der Waals surface area contributed by atoms with E-state index in [0.717, 1.165) is 31.9 Å². The van der Waals surface area contributed by atoms with E-state index >= 15 is 0 Å². The normalized spacial score (nSPS) is 23.6. The third kappa shape index (κ3) is 3.62. The van der Waals surface area contributed by atoms with Crippen molar-refractivity contribution in [3.8, 4) is 11.4 Å². The van der Waals surface area contributed by atoms with Gasteiger partial charge in [-0.3, -0.25) is 9.59 Å². The number of aromatic amines is 1. The summed E-state index contributed by atoms with van der Waals surface area (Å²) < 4.78 is 15.5. The first-order valence-corrected chi connectivity index (χ1v) is 12.0. The number of aromatic nitrogens is 5. The molecule has 3 saturated carbocycles. The molecule has 3 fully saturated rings. The van der Waals surface area contributed by atoms with E-state index in [-0.39, 0.29) is 29.5 Å². The van der Waals surface area contributed by atoms with Gasteiger partial charge in [-0.15, -0.1) is 5.10 Å². The lowest BCUT2D eigenvalue weighted by molar-refractivity contribution is -0.149. The zero-order chi connectivity index (χ0) is 25.0. The molecule has 0 aliphatic heterocycles. The van der Waals surface area contributed by atoms with Crippen molar-refractivity contribution in [2.45, 2.75) is 25.7 Å². The standard InChI is InChI=1S/C25H24FN7O3/c1-27-24(34)14-6-19-23(30-9-17-12-2-4-13(5-3-12)20(17)25(35)36)31-22(32-33(19)11-14)18-10-29-21-16(18)7-15(26)8-28-21/h6-13,17,20H,2-5H2,1H3,(H,27,34)(H,28,29)(H,35,36)/t12?,13?,17?,20-/m0/s1. The number of hydrogen-bond donors (Lipinski definition) is 3. The minimum Gasteiger partial charge on any atom is -0.481 e. The molecule has 3 aliphatic carbocycles. The van der Waals surface area contributed by atoms with Crippen molar-refractivity contribution >= 4 is 40.5 Å². The van der Waals surface area contributed by atoms with Crippen LogP contribution in [-0.2, 0) is 4.79 Å². The maximum atomic E-state index is 13.9. The van der Waals surface area contributed by atoms with E-state index in [4.69, 9.17) is 0 Å². The SMILES string of the molecule is CNC(=O)c1cc2c(N=CC3C4CCC(CC4)[C@@H]3C(=O)O)nc(-c3c[nH]c4ncc(F)cc34)nn2c1. The molecule has 10 nitrogen and oxygen atoms in total. The first-order chi connectivity index (χ1) is 17.4. The molecule has 3 aliphatic rings. The topological polar surface area (TPSA) is 138 Å². The molecule has 1 amide bonds. The van der Waals surface area contributed by atoms with Gasteiger partial charge >= 0.3 is 5.97 Å². The molecule has 11 heteroatoms. The number of carboxylic acids is 1. The highest BCUT2D eigenvalue weighted by Gasteiger charge is 2.46. The third-order valence-electron chi connectivity index (χ3n) is 7.61. The molecule has 3 N–H and O–H groups in total. The van der Waals surface area contributed by atoms with Crippen molar-refractivity contribution in [3.63, 3.8) is 0 Å². The molecule has 1 unspecified atom stereocenters. The maximum Gasteiger partial charge on any atom is 0.307 e. The minimum absolute atomic E-state index is 0.159. The lowest BCUT2D eigenvalue weighted by Gasteiger charge is -2.45. The van der Waals surface area contributed by atoms with Crippen LogP contribution in [-0.4, -0.2) is 54.8 Å². The highest BCUT2D eigenvalue weighted by atomic mass is 19.1. The predicted octanol–water partition coefficient (Wildman–Crippen LogP) is 3.61. The zero-order valence-electron chi connectivity index (χ0n) is 19.5. The van der Waals surface area contributed by atoms with Gasteiger partial charge in [0, 0.05) is 42.5 Å². The second-order valence-electron chi connectivity index (χ2n) is 9.54. The molecule has 0 radical (unpaired) electrons. The van der Waals surface area contributed by atoms with E-state index in [1.807, 2.05) is 0 Å². The Hall–Kier alpha value is -4.15. The molecule has 2 bridgehead atoms. The monoisotopic (exact) mass is 489 g/mol. The van der Waals surface area contributed by atoms with Crippen molar-refractivity contribution in [3.05, 3.63) is 42.1 Å². The Balaban J connectivity index is 1.48. The Morgan fingerprint density at radius 3 is 2.78 bits per heavy atom. The average Bonchev–Trinajstić information content (AvgIpc) is 3.51. The Morgan fingerprint density at radius 1 is 1.25 bits per heavy atom. The number of rotatable bonds is 5. The van der Waals surface area contributed by atoms with E-state index < -0.39 is 17.7 Å². The number of halogens is 1. The molecule has 7 rings (SSSR count). The summed E-state index contributed by atoms with van der Waals surface area (Å²) in [6.45, 7) is 0. The van der Waals surface area contributed by atoms with Crippen LogP contribution in [0, 0.1) is 29.5 Å². The van der Waals surface area contributed by atoms with Crippen LogP contribution in [0.25, 0.3) is 27.9 Å². The van der Waals surface area contributed by atoms with Crippen LogP contribution in [0.3, 0.4) is 0 Å². The number of nitrogens with zero attached hydrogens (tertiary/aromatic N) is 5. The van der Waals surface area contributed by atoms with Crippen LogP contribution in [0.1, 0.15) is 36.0 Å². The van der Waals surface area contributed by atoms with Crippen molar-refractivity contribution in [2.24, 2.45) is 28.7 Å². The van der Waals surface area contributed by atoms with Crippen LogP contribution in [0.5, 0.6) is 0 Å². The van der Waals surface area contributed by atoms with E-state index in [9.17, 15) is 19.1 Å². The highest BCUT2D eigenvalue weighted by Crippen LogP contribution is 2.48. The number of fused-ring (bicyclic) bond motifs is 5. The fraction of sp³-hybridized carbons (Fsp3) is 0.360. The maximum absolute atomic E-state index is 13.9. The van der Waals surface area contributed by atoms with Gasteiger partial charge in [0.1, 0.15) is 17.0 Å². The summed E-state index contributed by atoms with van der Waals surface area (Å²) in [4.78, 5) is 40.8. The van der Waals surface area contributed by atoms with E-state index in [1.165, 1.54) is 10.6 Å². The van der Waals surface area contributed by atoms with Crippen LogP contribution < -0.4 is 5.32 Å². The van der Waals surface area contributed by atoms with Crippen LogP contribution in [0.4, 0.5) is 10.2 Å². The smallest absolute Gasteiger partial charge is 0.307 e. The van der Waals surface area contributed by atoms with E-state index in [1.54, 1.807) is 31.7 Å². The summed E-state index contributed by atoms with van der Waals surface area (Å²) in [5.41, 5.74) is 1.91. The number of H-pyrrole nitrogens is 1. The lowest BCUT2D eigenvalue weighted by Crippen LogP contribution is -2.44. The van der Waals surface area contributed by atoms with Gasteiger partial charge in [0.25, 0.3) is 5.91 Å². The van der Waals surface area contributed by atoms with Gasteiger partial charge in [-0.2, -0.15) is 0 Å². The highest BCUT2D eigenvalue weighted by molar-refractivity contribution is 5.97. The van der Waals surface area contributed by atoms with Crippen LogP contribution in [0.2, 0.25) is 0 Å². The number of aliphatic carboxylic acids is 1. The summed E-state index contributed by atoms with van der Waals surface area (Å²) >= 11 is 0. The van der Waals surface area contributed by atoms with Crippen molar-refractivity contribution < 1.29 is 19.1 Å². The second-order valence-corrected chi connectivity index (χ2v) is 9.54. The number of amides is 1. The van der Waals surface area contributed by atoms with Crippen LogP contribution in [0.15, 0.2) is 35.7 Å². The summed E-state index contributed by atoms with van der Waals surface area (Å²) in [6.07, 6.45) is 9.94. The molecule has 4 aromatic heterocycles. The Kier molecular flexibility index (Phi) is 5.27. The Morgan fingerprint density at radius 2 is 2.03 bits per heavy atom. The number of nitrogens with one attached hydrogen (secondary N) is 2. The molecule has 0 saturated heterocycles. The average molecular weight is 490 g/mol. The number of pyridine rings is 1. The lowest BCUT2D eigenvalue weighted by atomic mass is 9.59. The number of carboxylic acid groups (broad SMARTS) is 1. The summed E-state index contributed by atoms with van der Waals surface area (Å²) in [7, 11) is 1.54. The molecule has 4 aromatic rings. The van der Waals surface area contributed by atoms with Gasteiger partial charge in [-0.25, -0.2) is 23.9 Å². The Labute approximate surface area is 204 Å². The second kappa shape index (κ2) is 8.51. The molecular weight excluding hydrogens is 465 g/mol. The van der Waals surface area contributed by atoms with Crippen molar-refractivity contribution in [1.29, 1.82) is 0 Å². The fourth-order valence-corrected chi connectivity index (χ4v) is 5.86. The van der Waals surface area contributed by atoms with Gasteiger partial charge < -0.3 is 15.4 Å². The molecule has 0 aromatic carbocycles. The summed E-state index contributed by atoms with van der Waals surface area (Å²) in [5, 5.41) is 17.6. The first kappa shape index (κ1) is 22.3. The van der Waals surface area contributed by atoms with Gasteiger partial charge in [-0.1, -0.05) is 0 Å². The van der Waals surface area contributed by atoms with Crippen LogP contribution >= 0.6 is 0 Å². The van der Waals surface area contributed by atoms with Crippen molar-refractivity contribution in [1.82, 2.24) is 29.9 Å². The third-order valence-corrected chi connectivity index (χ3v) is 7.61. The summed E-state index contributed by atoms with van der Waals surface area (Å²) in [5.74, 6) is -1.20. The summed E-state index contributed by atoms with van der Waals surface area (Å²) in [6, 6.07) is 3.00. The van der Waals surface area contributed by atoms with Gasteiger partial charge in [0.2, 0.25) is 0 Å².